The van der Waals surface area contributed by atoms with E-state index in [1.807, 2.05) is 30.3 Å². The molecule has 1 heterocycles. The molecule has 0 aliphatic carbocycles. The lowest BCUT2D eigenvalue weighted by molar-refractivity contribution is -0.384. The van der Waals surface area contributed by atoms with Gasteiger partial charge in [-0.05, 0) is 12.1 Å². The van der Waals surface area contributed by atoms with Gasteiger partial charge in [0.2, 0.25) is 0 Å². The van der Waals surface area contributed by atoms with E-state index in [4.69, 9.17) is 0 Å². The summed E-state index contributed by atoms with van der Waals surface area (Å²) in [5, 5.41) is 16.3. The second-order valence-electron chi connectivity index (χ2n) is 5.73. The van der Waals surface area contributed by atoms with Crippen molar-refractivity contribution in [3.8, 4) is 11.3 Å². The van der Waals surface area contributed by atoms with Crippen molar-refractivity contribution in [1.82, 2.24) is 4.98 Å². The van der Waals surface area contributed by atoms with Crippen LogP contribution >= 0.6 is 11.3 Å². The van der Waals surface area contributed by atoms with E-state index in [0.29, 0.717) is 22.8 Å². The van der Waals surface area contributed by atoms with E-state index in [1.54, 1.807) is 5.38 Å². The van der Waals surface area contributed by atoms with Crippen LogP contribution in [0.4, 0.5) is 24.5 Å². The quantitative estimate of drug-likeness (QED) is 0.440. The first-order chi connectivity index (χ1) is 13.6. The Balaban J connectivity index is 1.83. The van der Waals surface area contributed by atoms with E-state index < -0.39 is 30.9 Å². The molecule has 1 aromatic heterocycles. The predicted octanol–water partition coefficient (Wildman–Crippen LogP) is 4.62. The molecule has 0 saturated carbocycles. The predicted molar refractivity (Wildman–Crippen MR) is 101 cm³/mol. The van der Waals surface area contributed by atoms with E-state index in [0.717, 1.165) is 11.6 Å². The Morgan fingerprint density at radius 2 is 1.83 bits per heavy atom. The number of nitrogens with one attached hydrogen (secondary N) is 1. The van der Waals surface area contributed by atoms with E-state index in [9.17, 15) is 31.7 Å². The van der Waals surface area contributed by atoms with Crippen LogP contribution in [0.1, 0.15) is 5.01 Å². The minimum Gasteiger partial charge on any atom is -0.373 e. The zero-order valence-electron chi connectivity index (χ0n) is 14.4. The molecule has 0 unspecified atom stereocenters. The average Bonchev–Trinajstić information content (AvgIpc) is 3.15. The Bertz CT molecular complexity index is 1150. The van der Waals surface area contributed by atoms with Crippen molar-refractivity contribution in [2.45, 2.75) is 16.9 Å². The molecule has 1 N–H and O–H groups in total. The monoisotopic (exact) mass is 443 g/mol. The lowest BCUT2D eigenvalue weighted by atomic mass is 10.2. The number of sulfone groups is 1. The summed E-state index contributed by atoms with van der Waals surface area (Å²) in [5.74, 6) is 0. The van der Waals surface area contributed by atoms with Gasteiger partial charge >= 0.3 is 5.51 Å². The molecule has 0 fully saturated rings. The van der Waals surface area contributed by atoms with Crippen molar-refractivity contribution in [3.63, 3.8) is 0 Å². The first kappa shape index (κ1) is 20.7. The fourth-order valence-electron chi connectivity index (χ4n) is 2.42. The van der Waals surface area contributed by atoms with Crippen LogP contribution in [-0.4, -0.2) is 23.8 Å². The van der Waals surface area contributed by atoms with Crippen LogP contribution < -0.4 is 5.32 Å². The third-order valence-corrected chi connectivity index (χ3v) is 6.17. The van der Waals surface area contributed by atoms with E-state index in [2.05, 4.69) is 10.3 Å². The highest BCUT2D eigenvalue weighted by molar-refractivity contribution is 7.92. The molecule has 0 radical (unpaired) electrons. The minimum absolute atomic E-state index is 0.0731. The summed E-state index contributed by atoms with van der Waals surface area (Å²) >= 11 is 1.30. The molecule has 2 aromatic carbocycles. The first-order valence-electron chi connectivity index (χ1n) is 7.93. The summed E-state index contributed by atoms with van der Waals surface area (Å²) in [7, 11) is -5.69. The molecule has 0 bridgehead atoms. The Hall–Kier alpha value is -2.99. The summed E-state index contributed by atoms with van der Waals surface area (Å²) in [6.45, 7) is 0.0731. The van der Waals surface area contributed by atoms with Crippen LogP contribution in [0.5, 0.6) is 0 Å². The standard InChI is InChI=1S/C17H12F3N3O4S2/c18-17(19,20)29(26,27)12-6-7-13(15(8-12)23(24)25)21-9-16-22-14(10-28-16)11-4-2-1-3-5-11/h1-8,10,21H,9H2. The van der Waals surface area contributed by atoms with Crippen molar-refractivity contribution in [2.75, 3.05) is 5.32 Å². The number of hydrogen-bond donors (Lipinski definition) is 1. The zero-order valence-corrected chi connectivity index (χ0v) is 16.0. The molecule has 0 aliphatic rings. The highest BCUT2D eigenvalue weighted by atomic mass is 32.2. The van der Waals surface area contributed by atoms with Crippen molar-refractivity contribution in [2.24, 2.45) is 0 Å². The Morgan fingerprint density at radius 3 is 2.45 bits per heavy atom. The molecule has 0 amide bonds. The third kappa shape index (κ3) is 4.38. The highest BCUT2D eigenvalue weighted by Crippen LogP contribution is 2.35. The van der Waals surface area contributed by atoms with Gasteiger partial charge in [0.25, 0.3) is 15.5 Å². The molecule has 0 saturated heterocycles. The number of hydrogen-bond acceptors (Lipinski definition) is 7. The zero-order chi connectivity index (χ0) is 21.2. The third-order valence-electron chi connectivity index (χ3n) is 3.83. The summed E-state index contributed by atoms with van der Waals surface area (Å²) in [6.07, 6.45) is 0. The maximum Gasteiger partial charge on any atom is 0.501 e. The lowest BCUT2D eigenvalue weighted by Crippen LogP contribution is -2.23. The van der Waals surface area contributed by atoms with Gasteiger partial charge in [-0.3, -0.25) is 10.1 Å². The SMILES string of the molecule is O=[N+]([O-])c1cc(S(=O)(=O)C(F)(F)F)ccc1NCc1nc(-c2ccccc2)cs1. The van der Waals surface area contributed by atoms with Crippen LogP contribution in [0.2, 0.25) is 0 Å². The first-order valence-corrected chi connectivity index (χ1v) is 10.3. The van der Waals surface area contributed by atoms with E-state index in [1.165, 1.54) is 11.3 Å². The van der Waals surface area contributed by atoms with Crippen molar-refractivity contribution < 1.29 is 26.5 Å². The highest BCUT2D eigenvalue weighted by Gasteiger charge is 2.47. The van der Waals surface area contributed by atoms with Gasteiger partial charge in [-0.15, -0.1) is 11.3 Å². The number of rotatable bonds is 6. The molecule has 7 nitrogen and oxygen atoms in total. The molecule has 29 heavy (non-hydrogen) atoms. The van der Waals surface area contributed by atoms with Crippen LogP contribution in [0.3, 0.4) is 0 Å². The molecule has 3 aromatic rings. The largest absolute Gasteiger partial charge is 0.501 e. The Morgan fingerprint density at radius 1 is 1.14 bits per heavy atom. The molecule has 0 atom stereocenters. The minimum atomic E-state index is -5.69. The Labute approximate surface area is 166 Å². The van der Waals surface area contributed by atoms with Crippen LogP contribution in [0.15, 0.2) is 58.8 Å². The smallest absolute Gasteiger partial charge is 0.373 e. The summed E-state index contributed by atoms with van der Waals surface area (Å²) in [6, 6.07) is 11.3. The second kappa shape index (κ2) is 7.79. The number of anilines is 1. The maximum atomic E-state index is 12.7. The lowest BCUT2D eigenvalue weighted by Gasteiger charge is -2.10. The van der Waals surface area contributed by atoms with Gasteiger partial charge in [0.15, 0.2) is 0 Å². The van der Waals surface area contributed by atoms with Gasteiger partial charge in [0, 0.05) is 17.0 Å². The van der Waals surface area contributed by atoms with Crippen LogP contribution in [-0.2, 0) is 16.4 Å². The number of nitro benzene ring substituents is 1. The molecule has 3 rings (SSSR count). The maximum absolute atomic E-state index is 12.7. The van der Waals surface area contributed by atoms with Gasteiger partial charge in [0.05, 0.1) is 22.1 Å². The van der Waals surface area contributed by atoms with Gasteiger partial charge in [-0.1, -0.05) is 30.3 Å². The molecular weight excluding hydrogens is 431 g/mol. The van der Waals surface area contributed by atoms with E-state index >= 15 is 0 Å². The number of nitro groups is 1. The molecule has 0 aliphatic heterocycles. The molecule has 12 heteroatoms. The summed E-state index contributed by atoms with van der Waals surface area (Å²) in [4.78, 5) is 13.5. The number of halogens is 3. The fraction of sp³-hybridized carbons (Fsp3) is 0.118. The average molecular weight is 443 g/mol. The summed E-state index contributed by atoms with van der Waals surface area (Å²) < 4.78 is 61.0. The van der Waals surface area contributed by atoms with Gasteiger partial charge in [-0.2, -0.15) is 13.2 Å². The second-order valence-corrected chi connectivity index (χ2v) is 8.62. The number of nitrogens with zero attached hydrogens (tertiary/aromatic N) is 2. The van der Waals surface area contributed by atoms with Crippen LogP contribution in [0, 0.1) is 10.1 Å². The van der Waals surface area contributed by atoms with E-state index in [-0.39, 0.29) is 12.2 Å². The van der Waals surface area contributed by atoms with Gasteiger partial charge < -0.3 is 5.32 Å². The number of benzene rings is 2. The molecule has 0 spiro atoms. The van der Waals surface area contributed by atoms with Crippen molar-refractivity contribution >= 4 is 32.5 Å². The number of thiazole rings is 1. The molecule has 152 valence electrons. The van der Waals surface area contributed by atoms with Gasteiger partial charge in [0.1, 0.15) is 10.7 Å². The van der Waals surface area contributed by atoms with Crippen molar-refractivity contribution in [1.29, 1.82) is 0 Å². The summed E-state index contributed by atoms with van der Waals surface area (Å²) in [5.41, 5.74) is -4.84. The number of aromatic nitrogens is 1. The number of alkyl halides is 3. The van der Waals surface area contributed by atoms with Gasteiger partial charge in [-0.25, -0.2) is 13.4 Å². The Kier molecular flexibility index (Phi) is 5.57. The molecular formula is C17H12F3N3O4S2. The van der Waals surface area contributed by atoms with Crippen LogP contribution in [0.25, 0.3) is 11.3 Å². The van der Waals surface area contributed by atoms with Crippen molar-refractivity contribution in [3.05, 3.63) is 69.0 Å². The normalized spacial score (nSPS) is 12.0. The fourth-order valence-corrected chi connectivity index (χ4v) is 3.94. The topological polar surface area (TPSA) is 102 Å².